The van der Waals surface area contributed by atoms with Gasteiger partial charge in [0.25, 0.3) is 0 Å². The fourth-order valence-corrected chi connectivity index (χ4v) is 3.79. The summed E-state index contributed by atoms with van der Waals surface area (Å²) < 4.78 is 7.72. The highest BCUT2D eigenvalue weighted by atomic mass is 16.5. The molecule has 0 aromatic carbocycles. The van der Waals surface area contributed by atoms with E-state index in [1.54, 1.807) is 4.68 Å². The molecule has 3 unspecified atom stereocenters. The molecule has 1 saturated heterocycles. The summed E-state index contributed by atoms with van der Waals surface area (Å²) >= 11 is 0. The lowest BCUT2D eigenvalue weighted by molar-refractivity contribution is -0.222. The summed E-state index contributed by atoms with van der Waals surface area (Å²) in [5.41, 5.74) is 7.57. The predicted octanol–water partition coefficient (Wildman–Crippen LogP) is 1.36. The van der Waals surface area contributed by atoms with Crippen molar-refractivity contribution in [3.05, 3.63) is 12.4 Å². The van der Waals surface area contributed by atoms with Crippen LogP contribution in [-0.4, -0.2) is 34.6 Å². The average molecular weight is 264 g/mol. The number of rotatable bonds is 3. The van der Waals surface area contributed by atoms with Crippen molar-refractivity contribution in [2.24, 2.45) is 24.1 Å². The van der Waals surface area contributed by atoms with Crippen molar-refractivity contribution in [3.8, 4) is 0 Å². The predicted molar refractivity (Wildman–Crippen MR) is 74.9 cm³/mol. The zero-order chi connectivity index (χ0) is 13.7. The van der Waals surface area contributed by atoms with Crippen LogP contribution >= 0.6 is 0 Å². The molecule has 5 heteroatoms. The van der Waals surface area contributed by atoms with Crippen LogP contribution in [0.25, 0.3) is 0 Å². The van der Waals surface area contributed by atoms with E-state index in [1.807, 2.05) is 19.4 Å². The zero-order valence-electron chi connectivity index (χ0n) is 12.0. The van der Waals surface area contributed by atoms with E-state index in [1.165, 1.54) is 6.42 Å². The molecule has 3 rings (SSSR count). The Morgan fingerprint density at radius 2 is 2.37 bits per heavy atom. The van der Waals surface area contributed by atoms with Gasteiger partial charge in [-0.25, -0.2) is 0 Å². The van der Waals surface area contributed by atoms with Gasteiger partial charge in [0.1, 0.15) is 0 Å². The summed E-state index contributed by atoms with van der Waals surface area (Å²) in [6.07, 6.45) is 6.44. The lowest BCUT2D eigenvalue weighted by Gasteiger charge is -2.66. The van der Waals surface area contributed by atoms with Gasteiger partial charge in [0.2, 0.25) is 0 Å². The maximum absolute atomic E-state index is 6.72. The van der Waals surface area contributed by atoms with E-state index < -0.39 is 0 Å². The van der Waals surface area contributed by atoms with E-state index >= 15 is 0 Å². The van der Waals surface area contributed by atoms with Gasteiger partial charge < -0.3 is 15.8 Å². The Bertz CT molecular complexity index is 470. The molecule has 1 aromatic heterocycles. The number of hydrogen-bond acceptors (Lipinski definition) is 4. The lowest BCUT2D eigenvalue weighted by atomic mass is 9.46. The summed E-state index contributed by atoms with van der Waals surface area (Å²) in [5.74, 6) is 0.473. The number of anilines is 1. The quantitative estimate of drug-likeness (QED) is 0.865. The van der Waals surface area contributed by atoms with Crippen LogP contribution < -0.4 is 11.1 Å². The molecule has 2 fully saturated rings. The number of fused-ring (bicyclic) bond motifs is 1. The standard InChI is InChI=1S/C14H24N4O/c1-13(2)12-11(5-4-6-19-12)14(13,15)9-16-10-7-17-18(3)8-10/h7-8,11-12,16H,4-6,9,15H2,1-3H3. The number of aryl methyl sites for hydroxylation is 1. The van der Waals surface area contributed by atoms with Crippen LogP contribution in [-0.2, 0) is 11.8 Å². The number of aromatic nitrogens is 2. The number of nitrogens with zero attached hydrogens (tertiary/aromatic N) is 2. The second kappa shape index (κ2) is 4.21. The number of hydrogen-bond donors (Lipinski definition) is 2. The van der Waals surface area contributed by atoms with Gasteiger partial charge in [0.05, 0.1) is 18.0 Å². The summed E-state index contributed by atoms with van der Waals surface area (Å²) in [4.78, 5) is 0. The fraction of sp³-hybridized carbons (Fsp3) is 0.786. The van der Waals surface area contributed by atoms with Crippen molar-refractivity contribution in [2.75, 3.05) is 18.5 Å². The second-order valence-corrected chi connectivity index (χ2v) is 6.56. The number of nitrogens with one attached hydrogen (secondary N) is 1. The number of ether oxygens (including phenoxy) is 1. The largest absolute Gasteiger partial charge is 0.381 e. The van der Waals surface area contributed by atoms with E-state index in [2.05, 4.69) is 24.3 Å². The van der Waals surface area contributed by atoms with Crippen LogP contribution in [0.3, 0.4) is 0 Å². The van der Waals surface area contributed by atoms with Crippen molar-refractivity contribution in [2.45, 2.75) is 38.3 Å². The molecule has 1 aromatic rings. The molecule has 1 saturated carbocycles. The van der Waals surface area contributed by atoms with Gasteiger partial charge in [-0.15, -0.1) is 0 Å². The van der Waals surface area contributed by atoms with Crippen molar-refractivity contribution in [1.82, 2.24) is 9.78 Å². The highest BCUT2D eigenvalue weighted by molar-refractivity contribution is 5.40. The van der Waals surface area contributed by atoms with Crippen LogP contribution in [0, 0.1) is 11.3 Å². The van der Waals surface area contributed by atoms with E-state index in [0.717, 1.165) is 25.3 Å². The average Bonchev–Trinajstić information content (AvgIpc) is 2.82. The zero-order valence-corrected chi connectivity index (χ0v) is 12.0. The van der Waals surface area contributed by atoms with Gasteiger partial charge in [-0.05, 0) is 12.8 Å². The van der Waals surface area contributed by atoms with E-state index in [-0.39, 0.29) is 11.0 Å². The summed E-state index contributed by atoms with van der Waals surface area (Å²) in [5, 5.41) is 7.60. The van der Waals surface area contributed by atoms with Crippen molar-refractivity contribution >= 4 is 5.69 Å². The van der Waals surface area contributed by atoms with Crippen LogP contribution in [0.15, 0.2) is 12.4 Å². The second-order valence-electron chi connectivity index (χ2n) is 6.56. The monoisotopic (exact) mass is 264 g/mol. The molecule has 106 valence electrons. The van der Waals surface area contributed by atoms with E-state index in [0.29, 0.717) is 12.0 Å². The van der Waals surface area contributed by atoms with Gasteiger partial charge in [-0.1, -0.05) is 13.8 Å². The third kappa shape index (κ3) is 1.79. The van der Waals surface area contributed by atoms with Crippen molar-refractivity contribution in [3.63, 3.8) is 0 Å². The minimum absolute atomic E-state index is 0.0211. The Balaban J connectivity index is 1.71. The minimum Gasteiger partial charge on any atom is -0.381 e. The molecule has 0 radical (unpaired) electrons. The lowest BCUT2D eigenvalue weighted by Crippen LogP contribution is -2.79. The third-order valence-corrected chi connectivity index (χ3v) is 5.18. The van der Waals surface area contributed by atoms with Crippen LogP contribution in [0.4, 0.5) is 5.69 Å². The van der Waals surface area contributed by atoms with E-state index in [9.17, 15) is 0 Å². The van der Waals surface area contributed by atoms with Gasteiger partial charge in [0.15, 0.2) is 0 Å². The molecule has 2 aliphatic rings. The van der Waals surface area contributed by atoms with Crippen LogP contribution in [0.1, 0.15) is 26.7 Å². The fourth-order valence-electron chi connectivity index (χ4n) is 3.79. The SMILES string of the molecule is Cn1cc(NCC2(N)C3CCCOC3C2(C)C)cn1. The number of nitrogens with two attached hydrogens (primary N) is 1. The molecule has 5 nitrogen and oxygen atoms in total. The van der Waals surface area contributed by atoms with Gasteiger partial charge in [0, 0.05) is 43.3 Å². The maximum atomic E-state index is 6.72. The Labute approximate surface area is 114 Å². The first-order chi connectivity index (χ1) is 8.95. The molecular weight excluding hydrogens is 240 g/mol. The normalized spacial score (nSPS) is 36.4. The third-order valence-electron chi connectivity index (χ3n) is 5.18. The first kappa shape index (κ1) is 12.9. The minimum atomic E-state index is -0.200. The van der Waals surface area contributed by atoms with Gasteiger partial charge >= 0.3 is 0 Å². The maximum Gasteiger partial charge on any atom is 0.0727 e. The highest BCUT2D eigenvalue weighted by Gasteiger charge is 2.66. The first-order valence-electron chi connectivity index (χ1n) is 7.08. The molecule has 3 N–H and O–H groups in total. The molecule has 1 aliphatic carbocycles. The van der Waals surface area contributed by atoms with Gasteiger partial charge in [-0.2, -0.15) is 5.10 Å². The van der Waals surface area contributed by atoms with E-state index in [4.69, 9.17) is 10.5 Å². The molecular formula is C14H24N4O. The Morgan fingerprint density at radius 3 is 3.05 bits per heavy atom. The van der Waals surface area contributed by atoms with Crippen LogP contribution in [0.5, 0.6) is 0 Å². The summed E-state index contributed by atoms with van der Waals surface area (Å²) in [7, 11) is 1.92. The molecule has 0 spiro atoms. The molecule has 2 heterocycles. The Morgan fingerprint density at radius 1 is 1.58 bits per heavy atom. The smallest absolute Gasteiger partial charge is 0.0727 e. The highest BCUT2D eigenvalue weighted by Crippen LogP contribution is 2.57. The molecule has 0 amide bonds. The van der Waals surface area contributed by atoms with Gasteiger partial charge in [-0.3, -0.25) is 4.68 Å². The van der Waals surface area contributed by atoms with Crippen molar-refractivity contribution < 1.29 is 4.74 Å². The summed E-state index contributed by atoms with van der Waals surface area (Å²) in [6, 6.07) is 0. The topological polar surface area (TPSA) is 65.1 Å². The molecule has 0 bridgehead atoms. The Hall–Kier alpha value is -1.07. The summed E-state index contributed by atoms with van der Waals surface area (Å²) in [6.45, 7) is 6.11. The molecule has 1 aliphatic heterocycles. The Kier molecular flexibility index (Phi) is 2.87. The first-order valence-corrected chi connectivity index (χ1v) is 7.08. The van der Waals surface area contributed by atoms with Crippen molar-refractivity contribution in [1.29, 1.82) is 0 Å². The van der Waals surface area contributed by atoms with Crippen LogP contribution in [0.2, 0.25) is 0 Å². The molecule has 19 heavy (non-hydrogen) atoms. The molecule has 3 atom stereocenters.